The molecule has 3 heterocycles. The molecule has 1 aliphatic carbocycles. The van der Waals surface area contributed by atoms with Crippen LogP contribution in [0.1, 0.15) is 78.8 Å². The van der Waals surface area contributed by atoms with Crippen LogP contribution >= 0.6 is 11.3 Å². The number of aliphatic hydroxyl groups is 1. The minimum Gasteiger partial charge on any atom is -0.384 e. The van der Waals surface area contributed by atoms with Gasteiger partial charge in [-0.15, -0.1) is 11.3 Å². The topological polar surface area (TPSA) is 88.0 Å². The van der Waals surface area contributed by atoms with Crippen LogP contribution in [0.5, 0.6) is 0 Å². The van der Waals surface area contributed by atoms with Gasteiger partial charge >= 0.3 is 0 Å². The van der Waals surface area contributed by atoms with Gasteiger partial charge in [0.25, 0.3) is 5.91 Å². The van der Waals surface area contributed by atoms with E-state index < -0.39 is 18.2 Å². The molecule has 30 heavy (non-hydrogen) atoms. The monoisotopic (exact) mass is 428 g/mol. The van der Waals surface area contributed by atoms with Gasteiger partial charge in [-0.05, 0) is 44.9 Å². The third kappa shape index (κ3) is 4.34. The standard InChI is InChI=1S/C22H25FN4O2S/c1-22(2,29)18-16(25-20(28)15-10-6-9-14(12-23)24-15)11-17-19(26-18)27-21(30-17)13-7-4-3-5-8-13/h6,9-11,13,29H,3-5,7-8,12H2,1-2H3,(H,25,28). The first-order valence-corrected chi connectivity index (χ1v) is 11.0. The molecule has 0 bridgehead atoms. The minimum absolute atomic E-state index is 0.110. The van der Waals surface area contributed by atoms with Gasteiger partial charge in [0.1, 0.15) is 18.0 Å². The van der Waals surface area contributed by atoms with E-state index in [1.54, 1.807) is 31.3 Å². The van der Waals surface area contributed by atoms with E-state index >= 15 is 0 Å². The van der Waals surface area contributed by atoms with E-state index in [2.05, 4.69) is 15.3 Å². The first kappa shape index (κ1) is 20.8. The Balaban J connectivity index is 1.70. The van der Waals surface area contributed by atoms with Crippen molar-refractivity contribution in [2.45, 2.75) is 64.1 Å². The second-order valence-electron chi connectivity index (χ2n) is 8.25. The van der Waals surface area contributed by atoms with E-state index in [4.69, 9.17) is 4.98 Å². The van der Waals surface area contributed by atoms with Crippen LogP contribution in [0, 0.1) is 0 Å². The summed E-state index contributed by atoms with van der Waals surface area (Å²) in [5.41, 5.74) is 0.363. The van der Waals surface area contributed by atoms with Gasteiger partial charge in [-0.3, -0.25) is 4.79 Å². The summed E-state index contributed by atoms with van der Waals surface area (Å²) in [6, 6.07) is 6.46. The van der Waals surface area contributed by atoms with Crippen LogP contribution in [-0.4, -0.2) is 26.0 Å². The number of rotatable bonds is 5. The van der Waals surface area contributed by atoms with Crippen molar-refractivity contribution in [3.8, 4) is 0 Å². The van der Waals surface area contributed by atoms with Crippen LogP contribution in [0.15, 0.2) is 24.3 Å². The zero-order valence-corrected chi connectivity index (χ0v) is 17.9. The van der Waals surface area contributed by atoms with Crippen molar-refractivity contribution in [2.24, 2.45) is 0 Å². The smallest absolute Gasteiger partial charge is 0.274 e. The molecule has 8 heteroatoms. The molecule has 3 aromatic heterocycles. The summed E-state index contributed by atoms with van der Waals surface area (Å²) >= 11 is 1.59. The molecule has 1 aliphatic rings. The molecular formula is C22H25FN4O2S. The van der Waals surface area contributed by atoms with Crippen molar-refractivity contribution in [3.05, 3.63) is 46.4 Å². The van der Waals surface area contributed by atoms with E-state index in [-0.39, 0.29) is 11.4 Å². The first-order valence-electron chi connectivity index (χ1n) is 10.2. The second kappa shape index (κ2) is 8.35. The maximum Gasteiger partial charge on any atom is 0.274 e. The highest BCUT2D eigenvalue weighted by Gasteiger charge is 2.27. The summed E-state index contributed by atoms with van der Waals surface area (Å²) < 4.78 is 13.8. The van der Waals surface area contributed by atoms with Crippen LogP contribution in [0.2, 0.25) is 0 Å². The Kier molecular flexibility index (Phi) is 5.79. The molecule has 0 saturated heterocycles. The van der Waals surface area contributed by atoms with Gasteiger partial charge in [0.05, 0.1) is 26.8 Å². The number of aromatic nitrogens is 3. The summed E-state index contributed by atoms with van der Waals surface area (Å²) in [4.78, 5) is 26.1. The van der Waals surface area contributed by atoms with Crippen LogP contribution in [0.3, 0.4) is 0 Å². The fourth-order valence-corrected chi connectivity index (χ4v) is 4.95. The Morgan fingerprint density at radius 2 is 2.00 bits per heavy atom. The molecule has 0 unspecified atom stereocenters. The lowest BCUT2D eigenvalue weighted by Gasteiger charge is -2.20. The number of pyridine rings is 2. The molecular weight excluding hydrogens is 403 g/mol. The molecule has 2 N–H and O–H groups in total. The minimum atomic E-state index is -1.28. The van der Waals surface area contributed by atoms with Crippen LogP contribution in [0.25, 0.3) is 10.3 Å². The fraction of sp³-hybridized carbons (Fsp3) is 0.455. The number of alkyl halides is 1. The highest BCUT2D eigenvalue weighted by molar-refractivity contribution is 7.18. The number of hydrogen-bond donors (Lipinski definition) is 2. The average Bonchev–Trinajstić information content (AvgIpc) is 3.16. The number of carbonyl (C=O) groups excluding carboxylic acids is 1. The van der Waals surface area contributed by atoms with Crippen LogP contribution in [-0.2, 0) is 12.3 Å². The third-order valence-electron chi connectivity index (χ3n) is 5.36. The van der Waals surface area contributed by atoms with Crippen molar-refractivity contribution in [3.63, 3.8) is 0 Å². The second-order valence-corrected chi connectivity index (χ2v) is 9.32. The number of nitrogens with zero attached hydrogens (tertiary/aromatic N) is 3. The molecule has 1 fully saturated rings. The molecule has 0 aliphatic heterocycles. The third-order valence-corrected chi connectivity index (χ3v) is 6.51. The SMILES string of the molecule is CC(C)(O)c1nc2nc(C3CCCCC3)sc2cc1NC(=O)c1cccc(CF)n1. The number of carbonyl (C=O) groups is 1. The van der Waals surface area contributed by atoms with Gasteiger partial charge in [-0.2, -0.15) is 0 Å². The number of anilines is 1. The Morgan fingerprint density at radius 1 is 1.23 bits per heavy atom. The number of fused-ring (bicyclic) bond motifs is 1. The summed E-state index contributed by atoms with van der Waals surface area (Å²) in [5, 5.41) is 14.5. The van der Waals surface area contributed by atoms with Gasteiger partial charge in [0.15, 0.2) is 5.65 Å². The normalized spacial score (nSPS) is 15.5. The average molecular weight is 429 g/mol. The Labute approximate surface area is 178 Å². The van der Waals surface area contributed by atoms with Gasteiger partial charge in [-0.1, -0.05) is 25.3 Å². The Hall–Kier alpha value is -2.45. The molecule has 1 saturated carbocycles. The van der Waals surface area contributed by atoms with Crippen molar-refractivity contribution in [1.82, 2.24) is 15.0 Å². The summed E-state index contributed by atoms with van der Waals surface area (Å²) in [7, 11) is 0. The van der Waals surface area contributed by atoms with Crippen molar-refractivity contribution >= 4 is 33.3 Å². The highest BCUT2D eigenvalue weighted by atomic mass is 32.1. The number of nitrogens with one attached hydrogen (secondary N) is 1. The zero-order valence-electron chi connectivity index (χ0n) is 17.1. The molecule has 4 rings (SSSR count). The lowest BCUT2D eigenvalue weighted by molar-refractivity contribution is 0.0749. The molecule has 6 nitrogen and oxygen atoms in total. The van der Waals surface area contributed by atoms with Crippen LogP contribution in [0.4, 0.5) is 10.1 Å². The molecule has 0 radical (unpaired) electrons. The van der Waals surface area contributed by atoms with Gasteiger partial charge in [0, 0.05) is 5.92 Å². The lowest BCUT2D eigenvalue weighted by atomic mass is 9.90. The maximum atomic E-state index is 12.9. The van der Waals surface area contributed by atoms with Crippen LogP contribution < -0.4 is 5.32 Å². The van der Waals surface area contributed by atoms with Gasteiger partial charge in [-0.25, -0.2) is 19.3 Å². The molecule has 158 valence electrons. The largest absolute Gasteiger partial charge is 0.384 e. The maximum absolute atomic E-state index is 12.9. The van der Waals surface area contributed by atoms with Gasteiger partial charge in [0.2, 0.25) is 0 Å². The van der Waals surface area contributed by atoms with Gasteiger partial charge < -0.3 is 10.4 Å². The predicted octanol–water partition coefficient (Wildman–Crippen LogP) is 5.08. The van der Waals surface area contributed by atoms with Crippen molar-refractivity contribution in [2.75, 3.05) is 5.32 Å². The van der Waals surface area contributed by atoms with E-state index in [9.17, 15) is 14.3 Å². The number of amides is 1. The predicted molar refractivity (Wildman–Crippen MR) is 115 cm³/mol. The molecule has 0 aromatic carbocycles. The summed E-state index contributed by atoms with van der Waals surface area (Å²) in [6.45, 7) is 2.49. The quantitative estimate of drug-likeness (QED) is 0.591. The fourth-order valence-electron chi connectivity index (χ4n) is 3.83. The highest BCUT2D eigenvalue weighted by Crippen LogP contribution is 2.38. The zero-order chi connectivity index (χ0) is 21.3. The molecule has 0 atom stereocenters. The van der Waals surface area contributed by atoms with E-state index in [1.165, 1.54) is 31.4 Å². The number of hydrogen-bond acceptors (Lipinski definition) is 6. The van der Waals surface area contributed by atoms with Crippen molar-refractivity contribution < 1.29 is 14.3 Å². The number of halogens is 1. The Morgan fingerprint density at radius 3 is 2.70 bits per heavy atom. The summed E-state index contributed by atoms with van der Waals surface area (Å²) in [5.74, 6) is -0.0248. The van der Waals surface area contributed by atoms with Crippen molar-refractivity contribution in [1.29, 1.82) is 0 Å². The Bertz CT molecular complexity index is 1070. The molecule has 1 amide bonds. The first-order chi connectivity index (χ1) is 14.3. The van der Waals surface area contributed by atoms with E-state index in [0.29, 0.717) is 22.9 Å². The lowest BCUT2D eigenvalue weighted by Crippen LogP contribution is -2.23. The van der Waals surface area contributed by atoms with E-state index in [0.717, 1.165) is 22.5 Å². The molecule has 3 aromatic rings. The summed E-state index contributed by atoms with van der Waals surface area (Å²) in [6.07, 6.45) is 5.98. The molecule has 0 spiro atoms. The number of thiazole rings is 1. The van der Waals surface area contributed by atoms with E-state index in [1.807, 2.05) is 6.07 Å².